The number of carbonyl (C=O) groups is 2. The Hall–Kier alpha value is -2.63. The van der Waals surface area contributed by atoms with Crippen molar-refractivity contribution >= 4 is 17.5 Å². The van der Waals surface area contributed by atoms with E-state index in [0.29, 0.717) is 13.0 Å². The fraction of sp³-hybridized carbons (Fsp3) is 0.450. The topological polar surface area (TPSA) is 67.2 Å². The van der Waals surface area contributed by atoms with Crippen molar-refractivity contribution in [3.8, 4) is 0 Å². The zero-order valence-electron chi connectivity index (χ0n) is 15.6. The second-order valence-corrected chi connectivity index (χ2v) is 6.96. The smallest absolute Gasteiger partial charge is 0.249 e. The van der Waals surface area contributed by atoms with E-state index < -0.39 is 6.04 Å². The van der Waals surface area contributed by atoms with Crippen molar-refractivity contribution in [3.05, 3.63) is 48.0 Å². The van der Waals surface area contributed by atoms with Crippen LogP contribution in [0.5, 0.6) is 0 Å². The van der Waals surface area contributed by atoms with Gasteiger partial charge in [0, 0.05) is 24.8 Å². The van der Waals surface area contributed by atoms with Crippen molar-refractivity contribution in [3.63, 3.8) is 0 Å². The highest BCUT2D eigenvalue weighted by molar-refractivity contribution is 6.00. The van der Waals surface area contributed by atoms with Crippen LogP contribution in [0.3, 0.4) is 0 Å². The number of benzene rings is 1. The highest BCUT2D eigenvalue weighted by Crippen LogP contribution is 2.28. The number of rotatable bonds is 5. The molecule has 2 heterocycles. The normalized spacial score (nSPS) is 18.2. The van der Waals surface area contributed by atoms with Crippen LogP contribution < -0.4 is 10.2 Å². The summed E-state index contributed by atoms with van der Waals surface area (Å²) in [5.41, 5.74) is 2.99. The number of aryl methyl sites for hydroxylation is 2. The second kappa shape index (κ2) is 7.72. The van der Waals surface area contributed by atoms with Gasteiger partial charge in [0.25, 0.3) is 0 Å². The van der Waals surface area contributed by atoms with Gasteiger partial charge in [0.05, 0.1) is 18.6 Å². The third kappa shape index (κ3) is 3.64. The fourth-order valence-electron chi connectivity index (χ4n) is 3.21. The van der Waals surface area contributed by atoms with E-state index in [0.717, 1.165) is 29.8 Å². The van der Waals surface area contributed by atoms with Crippen LogP contribution in [0, 0.1) is 5.92 Å². The predicted molar refractivity (Wildman–Crippen MR) is 101 cm³/mol. The molecule has 2 amide bonds. The third-order valence-corrected chi connectivity index (χ3v) is 5.16. The van der Waals surface area contributed by atoms with Crippen LogP contribution in [-0.4, -0.2) is 27.4 Å². The number of nitrogens with one attached hydrogen (secondary N) is 1. The average molecular weight is 354 g/mol. The lowest BCUT2D eigenvalue weighted by molar-refractivity contribution is -0.129. The van der Waals surface area contributed by atoms with Gasteiger partial charge in [-0.1, -0.05) is 32.0 Å². The first-order valence-electron chi connectivity index (χ1n) is 9.16. The Balaban J connectivity index is 1.90. The molecule has 0 saturated carbocycles. The summed E-state index contributed by atoms with van der Waals surface area (Å²) in [6.07, 6.45) is 5.63. The highest BCUT2D eigenvalue weighted by atomic mass is 16.2. The maximum atomic E-state index is 13.3. The molecule has 1 aromatic heterocycles. The summed E-state index contributed by atoms with van der Waals surface area (Å²) in [4.78, 5) is 31.6. The van der Waals surface area contributed by atoms with E-state index in [1.807, 2.05) is 43.7 Å². The molecule has 2 atom stereocenters. The summed E-state index contributed by atoms with van der Waals surface area (Å²) in [7, 11) is 1.92. The van der Waals surface area contributed by atoms with Crippen LogP contribution in [-0.2, 0) is 29.6 Å². The first-order chi connectivity index (χ1) is 12.5. The minimum Gasteiger partial charge on any atom is -0.344 e. The summed E-state index contributed by atoms with van der Waals surface area (Å²) in [6.45, 7) is 4.30. The average Bonchev–Trinajstić information content (AvgIpc) is 3.01. The Labute approximate surface area is 154 Å². The third-order valence-electron chi connectivity index (χ3n) is 5.16. The van der Waals surface area contributed by atoms with Gasteiger partial charge in [-0.05, 0) is 30.9 Å². The molecule has 2 aromatic rings. The molecule has 6 heteroatoms. The number of aromatic nitrogens is 2. The van der Waals surface area contributed by atoms with E-state index in [9.17, 15) is 9.59 Å². The van der Waals surface area contributed by atoms with E-state index in [4.69, 9.17) is 0 Å². The molecule has 0 saturated heterocycles. The molecule has 0 spiro atoms. The lowest BCUT2D eigenvalue weighted by atomic mass is 10.0. The fourth-order valence-corrected chi connectivity index (χ4v) is 3.21. The maximum absolute atomic E-state index is 13.3. The van der Waals surface area contributed by atoms with E-state index in [-0.39, 0.29) is 17.7 Å². The van der Waals surface area contributed by atoms with Gasteiger partial charge in [-0.25, -0.2) is 4.98 Å². The van der Waals surface area contributed by atoms with E-state index in [2.05, 4.69) is 16.4 Å². The lowest BCUT2D eigenvalue weighted by Gasteiger charge is -2.27. The van der Waals surface area contributed by atoms with Gasteiger partial charge in [-0.3, -0.25) is 9.59 Å². The molecule has 6 nitrogen and oxygen atoms in total. The molecule has 3 rings (SSSR count). The van der Waals surface area contributed by atoms with Crippen molar-refractivity contribution in [2.75, 3.05) is 4.90 Å². The molecular formula is C20H26N4O2. The Morgan fingerprint density at radius 3 is 2.85 bits per heavy atom. The predicted octanol–water partition coefficient (Wildman–Crippen LogP) is 2.43. The number of anilines is 1. The Kier molecular flexibility index (Phi) is 5.40. The Bertz CT molecular complexity index is 799. The van der Waals surface area contributed by atoms with Crippen molar-refractivity contribution in [2.45, 2.75) is 45.7 Å². The molecule has 1 N–H and O–H groups in total. The Morgan fingerprint density at radius 1 is 1.38 bits per heavy atom. The molecule has 1 aliphatic rings. The summed E-state index contributed by atoms with van der Waals surface area (Å²) in [6, 6.07) is 7.46. The van der Waals surface area contributed by atoms with E-state index in [1.54, 1.807) is 17.4 Å². The monoisotopic (exact) mass is 354 g/mol. The van der Waals surface area contributed by atoms with Crippen LogP contribution in [0.1, 0.15) is 37.9 Å². The number of carbonyl (C=O) groups excluding carboxylic acids is 2. The number of nitrogens with zero attached hydrogens (tertiary/aromatic N) is 3. The quantitative estimate of drug-likeness (QED) is 0.897. The zero-order chi connectivity index (χ0) is 18.7. The number of hydrogen-bond acceptors (Lipinski definition) is 3. The number of amides is 2. The standard InChI is InChI=1S/C20H26N4O2/c1-4-14(2)19(25)22-17-10-9-15-7-5-6-8-18(15)24(20(17)26)12-16-11-21-13-23(16)3/h5-8,11,13-14,17H,4,9-10,12H2,1-3H3,(H,22,25)/t14-,17+/m1/s1. The first kappa shape index (κ1) is 18.2. The first-order valence-corrected chi connectivity index (χ1v) is 9.16. The molecular weight excluding hydrogens is 328 g/mol. The van der Waals surface area contributed by atoms with Gasteiger partial charge in [0.1, 0.15) is 6.04 Å². The van der Waals surface area contributed by atoms with Crippen molar-refractivity contribution < 1.29 is 9.59 Å². The molecule has 1 aromatic carbocycles. The molecule has 0 bridgehead atoms. The van der Waals surface area contributed by atoms with Crippen LogP contribution in [0.25, 0.3) is 0 Å². The molecule has 1 aliphatic heterocycles. The Morgan fingerprint density at radius 2 is 2.15 bits per heavy atom. The van der Waals surface area contributed by atoms with Crippen molar-refractivity contribution in [2.24, 2.45) is 13.0 Å². The molecule has 0 aliphatic carbocycles. The molecule has 138 valence electrons. The summed E-state index contributed by atoms with van der Waals surface area (Å²) in [5.74, 6) is -0.218. The molecule has 0 radical (unpaired) electrons. The minimum absolute atomic E-state index is 0.0581. The van der Waals surface area contributed by atoms with Gasteiger partial charge < -0.3 is 14.8 Å². The van der Waals surface area contributed by atoms with Crippen molar-refractivity contribution in [1.82, 2.24) is 14.9 Å². The number of para-hydroxylation sites is 1. The molecule has 0 fully saturated rings. The minimum atomic E-state index is -0.503. The van der Waals surface area contributed by atoms with E-state index in [1.165, 1.54) is 0 Å². The number of hydrogen-bond donors (Lipinski definition) is 1. The summed E-state index contributed by atoms with van der Waals surface area (Å²) < 4.78 is 1.91. The lowest BCUT2D eigenvalue weighted by Crippen LogP contribution is -2.49. The van der Waals surface area contributed by atoms with Gasteiger partial charge >= 0.3 is 0 Å². The van der Waals surface area contributed by atoms with Crippen LogP contribution in [0.2, 0.25) is 0 Å². The van der Waals surface area contributed by atoms with Crippen LogP contribution >= 0.6 is 0 Å². The number of imidazole rings is 1. The van der Waals surface area contributed by atoms with Crippen LogP contribution in [0.15, 0.2) is 36.8 Å². The van der Waals surface area contributed by atoms with Gasteiger partial charge in [-0.15, -0.1) is 0 Å². The molecule has 0 unspecified atom stereocenters. The zero-order valence-corrected chi connectivity index (χ0v) is 15.6. The van der Waals surface area contributed by atoms with Gasteiger partial charge in [-0.2, -0.15) is 0 Å². The maximum Gasteiger partial charge on any atom is 0.249 e. The second-order valence-electron chi connectivity index (χ2n) is 6.96. The van der Waals surface area contributed by atoms with Gasteiger partial charge in [0.15, 0.2) is 0 Å². The largest absolute Gasteiger partial charge is 0.344 e. The highest BCUT2D eigenvalue weighted by Gasteiger charge is 2.32. The van der Waals surface area contributed by atoms with Crippen LogP contribution in [0.4, 0.5) is 5.69 Å². The van der Waals surface area contributed by atoms with Gasteiger partial charge in [0.2, 0.25) is 11.8 Å². The SMILES string of the molecule is CC[C@@H](C)C(=O)N[C@H]1CCc2ccccc2N(Cc2cncn2C)C1=O. The van der Waals surface area contributed by atoms with Crippen molar-refractivity contribution in [1.29, 1.82) is 0 Å². The van der Waals surface area contributed by atoms with E-state index >= 15 is 0 Å². The summed E-state index contributed by atoms with van der Waals surface area (Å²) >= 11 is 0. The molecule has 26 heavy (non-hydrogen) atoms. The number of fused-ring (bicyclic) bond motifs is 1. The summed E-state index contributed by atoms with van der Waals surface area (Å²) in [5, 5.41) is 2.97.